The van der Waals surface area contributed by atoms with Crippen molar-refractivity contribution in [2.24, 2.45) is 5.73 Å². The van der Waals surface area contributed by atoms with Crippen LogP contribution in [0.1, 0.15) is 47.3 Å². The first-order valence-electron chi connectivity index (χ1n) is 8.82. The predicted octanol–water partition coefficient (Wildman–Crippen LogP) is 3.34. The van der Waals surface area contributed by atoms with Crippen LogP contribution in [0, 0.1) is 0 Å². The molecule has 3 amide bonds. The lowest BCUT2D eigenvalue weighted by atomic mass is 10.1. The molecule has 7 heteroatoms. The van der Waals surface area contributed by atoms with Gasteiger partial charge in [0.15, 0.2) is 0 Å². The zero-order chi connectivity index (χ0) is 18.5. The van der Waals surface area contributed by atoms with Crippen molar-refractivity contribution in [1.29, 1.82) is 0 Å². The molecule has 144 valence electrons. The molecular weight excluding hydrogens is 364 g/mol. The number of carbonyl (C=O) groups excluding carboxylic acids is 2. The number of amides is 3. The molecule has 1 unspecified atom stereocenters. The minimum Gasteiger partial charge on any atom is -0.346 e. The van der Waals surface area contributed by atoms with Crippen molar-refractivity contribution in [3.8, 4) is 0 Å². The Morgan fingerprint density at radius 3 is 2.26 bits per heavy atom. The van der Waals surface area contributed by atoms with Crippen LogP contribution in [-0.2, 0) is 6.54 Å². The number of halogens is 1. The fourth-order valence-electron chi connectivity index (χ4n) is 2.59. The molecule has 1 saturated carbocycles. The molecule has 27 heavy (non-hydrogen) atoms. The van der Waals surface area contributed by atoms with Crippen LogP contribution in [0.2, 0.25) is 0 Å². The molecule has 1 aliphatic carbocycles. The number of carbonyl (C=O) groups is 2. The number of hydrogen-bond donors (Lipinski definition) is 4. The van der Waals surface area contributed by atoms with E-state index in [1.165, 1.54) is 0 Å². The van der Waals surface area contributed by atoms with Crippen molar-refractivity contribution in [1.82, 2.24) is 10.6 Å². The lowest BCUT2D eigenvalue weighted by Crippen LogP contribution is -2.30. The third kappa shape index (κ3) is 5.98. The van der Waals surface area contributed by atoms with Gasteiger partial charge in [0.05, 0.1) is 6.04 Å². The molecule has 0 aromatic heterocycles. The maximum absolute atomic E-state index is 12.3. The van der Waals surface area contributed by atoms with Crippen molar-refractivity contribution in [3.05, 3.63) is 65.2 Å². The molecule has 2 aromatic carbocycles. The normalized spacial score (nSPS) is 13.9. The quantitative estimate of drug-likeness (QED) is 0.611. The molecule has 1 atom stereocenters. The van der Waals surface area contributed by atoms with Gasteiger partial charge >= 0.3 is 6.03 Å². The molecule has 0 bridgehead atoms. The van der Waals surface area contributed by atoms with Gasteiger partial charge in [0.2, 0.25) is 0 Å². The highest BCUT2D eigenvalue weighted by atomic mass is 35.5. The standard InChI is InChI=1S/C20H24N4O2.ClH/c1-13(22-19(25)16-4-2-14(12-21)3-5-16)15-6-8-17(9-7-15)23-20(26)24-18-10-11-18;/h2-9,13,18H,10-12,21H2,1H3,(H,22,25)(H2,23,24,26);1H. The Hall–Kier alpha value is -2.57. The van der Waals surface area contributed by atoms with Crippen LogP contribution < -0.4 is 21.7 Å². The van der Waals surface area contributed by atoms with Gasteiger partial charge in [0, 0.05) is 23.8 Å². The summed E-state index contributed by atoms with van der Waals surface area (Å²) in [5, 5.41) is 8.66. The van der Waals surface area contributed by atoms with E-state index in [2.05, 4.69) is 16.0 Å². The summed E-state index contributed by atoms with van der Waals surface area (Å²) in [7, 11) is 0. The van der Waals surface area contributed by atoms with E-state index >= 15 is 0 Å². The van der Waals surface area contributed by atoms with Gasteiger partial charge in [-0.1, -0.05) is 24.3 Å². The maximum Gasteiger partial charge on any atom is 0.319 e. The average Bonchev–Trinajstić information content (AvgIpc) is 3.46. The van der Waals surface area contributed by atoms with Crippen LogP contribution in [0.15, 0.2) is 48.5 Å². The SMILES string of the molecule is CC(NC(=O)c1ccc(CN)cc1)c1ccc(NC(=O)NC2CC2)cc1.Cl. The Balaban J connectivity index is 0.00000261. The summed E-state index contributed by atoms with van der Waals surface area (Å²) >= 11 is 0. The Labute approximate surface area is 165 Å². The minimum absolute atomic E-state index is 0. The van der Waals surface area contributed by atoms with Gasteiger partial charge < -0.3 is 21.7 Å². The molecule has 0 radical (unpaired) electrons. The lowest BCUT2D eigenvalue weighted by molar-refractivity contribution is 0.0940. The van der Waals surface area contributed by atoms with Crippen LogP contribution in [0.3, 0.4) is 0 Å². The van der Waals surface area contributed by atoms with Crippen LogP contribution in [0.4, 0.5) is 10.5 Å². The summed E-state index contributed by atoms with van der Waals surface area (Å²) in [5.41, 5.74) is 8.85. The van der Waals surface area contributed by atoms with Gasteiger partial charge in [-0.3, -0.25) is 4.79 Å². The third-order valence-corrected chi connectivity index (χ3v) is 4.38. The molecule has 0 heterocycles. The Morgan fingerprint density at radius 1 is 1.07 bits per heavy atom. The largest absolute Gasteiger partial charge is 0.346 e. The topological polar surface area (TPSA) is 96.2 Å². The van der Waals surface area contributed by atoms with E-state index in [1.54, 1.807) is 12.1 Å². The second-order valence-electron chi connectivity index (χ2n) is 6.59. The summed E-state index contributed by atoms with van der Waals surface area (Å²) < 4.78 is 0. The first-order valence-corrected chi connectivity index (χ1v) is 8.82. The van der Waals surface area contributed by atoms with E-state index in [-0.39, 0.29) is 30.4 Å². The monoisotopic (exact) mass is 388 g/mol. The summed E-state index contributed by atoms with van der Waals surface area (Å²) in [6, 6.07) is 14.7. The second kappa shape index (κ2) is 9.39. The number of nitrogens with one attached hydrogen (secondary N) is 3. The average molecular weight is 389 g/mol. The number of urea groups is 1. The molecular formula is C20H25ClN4O2. The van der Waals surface area contributed by atoms with E-state index in [0.29, 0.717) is 18.2 Å². The molecule has 0 aliphatic heterocycles. The Bertz CT molecular complexity index is 774. The van der Waals surface area contributed by atoms with Crippen molar-refractivity contribution in [2.45, 2.75) is 38.4 Å². The first kappa shape index (κ1) is 20.7. The minimum atomic E-state index is -0.178. The van der Waals surface area contributed by atoms with Crippen LogP contribution in [0.5, 0.6) is 0 Å². The molecule has 2 aromatic rings. The number of hydrogen-bond acceptors (Lipinski definition) is 3. The van der Waals surface area contributed by atoms with E-state index in [1.807, 2.05) is 43.3 Å². The lowest BCUT2D eigenvalue weighted by Gasteiger charge is -2.15. The van der Waals surface area contributed by atoms with Gasteiger partial charge in [-0.2, -0.15) is 0 Å². The highest BCUT2D eigenvalue weighted by Crippen LogP contribution is 2.20. The number of rotatable bonds is 6. The van der Waals surface area contributed by atoms with Gasteiger partial charge in [-0.25, -0.2) is 4.79 Å². The number of nitrogens with two attached hydrogens (primary N) is 1. The smallest absolute Gasteiger partial charge is 0.319 e. The first-order chi connectivity index (χ1) is 12.5. The Morgan fingerprint density at radius 2 is 1.70 bits per heavy atom. The molecule has 1 aliphatic rings. The Kier molecular flexibility index (Phi) is 7.21. The number of anilines is 1. The third-order valence-electron chi connectivity index (χ3n) is 4.38. The van der Waals surface area contributed by atoms with Crippen molar-refractivity contribution in [2.75, 3.05) is 5.32 Å². The summed E-state index contributed by atoms with van der Waals surface area (Å²) in [5.74, 6) is -0.132. The molecule has 6 nitrogen and oxygen atoms in total. The molecule has 3 rings (SSSR count). The summed E-state index contributed by atoms with van der Waals surface area (Å²) in [6.07, 6.45) is 2.11. The van der Waals surface area contributed by atoms with E-state index in [9.17, 15) is 9.59 Å². The van der Waals surface area contributed by atoms with E-state index < -0.39 is 0 Å². The van der Waals surface area contributed by atoms with Crippen LogP contribution in [-0.4, -0.2) is 18.0 Å². The second-order valence-corrected chi connectivity index (χ2v) is 6.59. The van der Waals surface area contributed by atoms with Gasteiger partial charge in [-0.15, -0.1) is 12.4 Å². The van der Waals surface area contributed by atoms with Crippen molar-refractivity contribution >= 4 is 30.0 Å². The molecule has 0 saturated heterocycles. The van der Waals surface area contributed by atoms with Crippen molar-refractivity contribution in [3.63, 3.8) is 0 Å². The fraction of sp³-hybridized carbons (Fsp3) is 0.300. The number of benzene rings is 2. The summed E-state index contributed by atoms with van der Waals surface area (Å²) in [4.78, 5) is 24.1. The fourth-order valence-corrected chi connectivity index (χ4v) is 2.59. The van der Waals surface area contributed by atoms with Crippen LogP contribution in [0.25, 0.3) is 0 Å². The zero-order valence-corrected chi connectivity index (χ0v) is 16.0. The molecule has 5 N–H and O–H groups in total. The zero-order valence-electron chi connectivity index (χ0n) is 15.2. The molecule has 1 fully saturated rings. The summed E-state index contributed by atoms with van der Waals surface area (Å²) in [6.45, 7) is 2.38. The van der Waals surface area contributed by atoms with Gasteiger partial charge in [-0.05, 0) is 55.2 Å². The highest BCUT2D eigenvalue weighted by molar-refractivity contribution is 5.94. The molecule has 0 spiro atoms. The van der Waals surface area contributed by atoms with Gasteiger partial charge in [0.1, 0.15) is 0 Å². The van der Waals surface area contributed by atoms with Crippen molar-refractivity contribution < 1.29 is 9.59 Å². The van der Waals surface area contributed by atoms with Crippen LogP contribution >= 0.6 is 12.4 Å². The van der Waals surface area contributed by atoms with E-state index in [0.717, 1.165) is 29.7 Å². The predicted molar refractivity (Wildman–Crippen MR) is 109 cm³/mol. The van der Waals surface area contributed by atoms with E-state index in [4.69, 9.17) is 5.73 Å². The van der Waals surface area contributed by atoms with Gasteiger partial charge in [0.25, 0.3) is 5.91 Å². The highest BCUT2D eigenvalue weighted by Gasteiger charge is 2.23. The maximum atomic E-state index is 12.3.